The van der Waals surface area contributed by atoms with Gasteiger partial charge in [0.2, 0.25) is 0 Å². The number of hydrogen-bond acceptors (Lipinski definition) is 2. The number of methoxy groups -OCH3 is 1. The van der Waals surface area contributed by atoms with Crippen molar-refractivity contribution in [1.82, 2.24) is 0 Å². The highest BCUT2D eigenvalue weighted by molar-refractivity contribution is 5.44. The number of aryl methyl sites for hydroxylation is 1. The molecule has 2 nitrogen and oxygen atoms in total. The molecule has 0 aliphatic heterocycles. The van der Waals surface area contributed by atoms with Gasteiger partial charge in [-0.25, -0.2) is 0 Å². The second kappa shape index (κ2) is 5.54. The Labute approximate surface area is 116 Å². The van der Waals surface area contributed by atoms with Crippen LogP contribution in [-0.4, -0.2) is 18.8 Å². The van der Waals surface area contributed by atoms with Crippen LogP contribution in [0.15, 0.2) is 12.1 Å². The third-order valence-corrected chi connectivity index (χ3v) is 4.63. The van der Waals surface area contributed by atoms with Crippen LogP contribution >= 0.6 is 0 Å². The molecule has 0 spiro atoms. The van der Waals surface area contributed by atoms with Gasteiger partial charge in [-0.05, 0) is 60.3 Å². The van der Waals surface area contributed by atoms with Crippen molar-refractivity contribution in [3.63, 3.8) is 0 Å². The lowest BCUT2D eigenvalue weighted by molar-refractivity contribution is 0.0449. The Hall–Kier alpha value is -1.02. The average molecular weight is 262 g/mol. The van der Waals surface area contributed by atoms with Crippen LogP contribution in [0.4, 0.5) is 0 Å². The van der Waals surface area contributed by atoms with Gasteiger partial charge >= 0.3 is 0 Å². The SMILES string of the molecule is COc1cc(C)c(CC2(CO)CCC2)cc1C(C)C. The van der Waals surface area contributed by atoms with Crippen LogP contribution in [0.1, 0.15) is 55.7 Å². The second-order valence-corrected chi connectivity index (χ2v) is 6.36. The fourth-order valence-corrected chi connectivity index (χ4v) is 3.04. The molecule has 19 heavy (non-hydrogen) atoms. The molecule has 2 heteroatoms. The molecule has 0 amide bonds. The van der Waals surface area contributed by atoms with E-state index in [1.54, 1.807) is 7.11 Å². The summed E-state index contributed by atoms with van der Waals surface area (Å²) in [5.74, 6) is 1.45. The first-order valence-electron chi connectivity index (χ1n) is 7.29. The summed E-state index contributed by atoms with van der Waals surface area (Å²) in [5.41, 5.74) is 4.07. The molecule has 1 fully saturated rings. The summed E-state index contributed by atoms with van der Waals surface area (Å²) in [7, 11) is 1.74. The van der Waals surface area contributed by atoms with Crippen LogP contribution in [0.3, 0.4) is 0 Å². The maximum Gasteiger partial charge on any atom is 0.122 e. The molecule has 0 saturated heterocycles. The summed E-state index contributed by atoms with van der Waals surface area (Å²) < 4.78 is 5.49. The van der Waals surface area contributed by atoms with Crippen LogP contribution < -0.4 is 4.74 Å². The highest BCUT2D eigenvalue weighted by atomic mass is 16.5. The zero-order chi connectivity index (χ0) is 14.0. The molecular formula is C17H26O2. The molecule has 1 aliphatic rings. The van der Waals surface area contributed by atoms with Crippen molar-refractivity contribution in [2.45, 2.75) is 52.4 Å². The van der Waals surface area contributed by atoms with Gasteiger partial charge in [0.1, 0.15) is 5.75 Å². The van der Waals surface area contributed by atoms with Crippen LogP contribution in [0.25, 0.3) is 0 Å². The van der Waals surface area contributed by atoms with Crippen molar-refractivity contribution in [3.05, 3.63) is 28.8 Å². The highest BCUT2D eigenvalue weighted by Gasteiger charge is 2.36. The first-order chi connectivity index (χ1) is 9.01. The van der Waals surface area contributed by atoms with E-state index in [0.29, 0.717) is 12.5 Å². The van der Waals surface area contributed by atoms with Crippen LogP contribution in [-0.2, 0) is 6.42 Å². The maximum absolute atomic E-state index is 9.64. The van der Waals surface area contributed by atoms with Gasteiger partial charge in [0.25, 0.3) is 0 Å². The molecule has 1 saturated carbocycles. The Morgan fingerprint density at radius 2 is 2.00 bits per heavy atom. The summed E-state index contributed by atoms with van der Waals surface area (Å²) in [6.45, 7) is 6.85. The molecule has 106 valence electrons. The number of aliphatic hydroxyl groups is 1. The van der Waals surface area contributed by atoms with Gasteiger partial charge in [-0.15, -0.1) is 0 Å². The van der Waals surface area contributed by atoms with Crippen molar-refractivity contribution >= 4 is 0 Å². The van der Waals surface area contributed by atoms with Crippen LogP contribution in [0.5, 0.6) is 5.75 Å². The summed E-state index contributed by atoms with van der Waals surface area (Å²) in [6.07, 6.45) is 4.57. The molecule has 1 aromatic rings. The normalized spacial score (nSPS) is 17.4. The fourth-order valence-electron chi connectivity index (χ4n) is 3.04. The van der Waals surface area contributed by atoms with E-state index in [0.717, 1.165) is 25.0 Å². The van der Waals surface area contributed by atoms with Crippen molar-refractivity contribution in [2.24, 2.45) is 5.41 Å². The van der Waals surface area contributed by atoms with E-state index < -0.39 is 0 Å². The highest BCUT2D eigenvalue weighted by Crippen LogP contribution is 2.44. The fraction of sp³-hybridized carbons (Fsp3) is 0.647. The average Bonchev–Trinajstić information content (AvgIpc) is 2.34. The van der Waals surface area contributed by atoms with Gasteiger partial charge in [-0.2, -0.15) is 0 Å². The summed E-state index contributed by atoms with van der Waals surface area (Å²) >= 11 is 0. The van der Waals surface area contributed by atoms with Gasteiger partial charge < -0.3 is 9.84 Å². The first-order valence-corrected chi connectivity index (χ1v) is 7.29. The van der Waals surface area contributed by atoms with Gasteiger partial charge in [0.15, 0.2) is 0 Å². The molecule has 1 aromatic carbocycles. The van der Waals surface area contributed by atoms with Gasteiger partial charge in [-0.1, -0.05) is 26.3 Å². The lowest BCUT2D eigenvalue weighted by Gasteiger charge is -2.41. The number of aliphatic hydroxyl groups excluding tert-OH is 1. The zero-order valence-electron chi connectivity index (χ0n) is 12.6. The zero-order valence-corrected chi connectivity index (χ0v) is 12.6. The molecule has 1 N–H and O–H groups in total. The van der Waals surface area contributed by atoms with Crippen LogP contribution in [0, 0.1) is 12.3 Å². The molecule has 0 unspecified atom stereocenters. The number of hydrogen-bond donors (Lipinski definition) is 1. The summed E-state index contributed by atoms with van der Waals surface area (Å²) in [6, 6.07) is 4.43. The van der Waals surface area contributed by atoms with Gasteiger partial charge in [0, 0.05) is 6.61 Å². The molecule has 1 aliphatic carbocycles. The topological polar surface area (TPSA) is 29.5 Å². The van der Waals surface area contributed by atoms with E-state index in [-0.39, 0.29) is 5.41 Å². The standard InChI is InChI=1S/C17H26O2/c1-12(2)15-9-14(13(3)8-16(15)19-4)10-17(11-18)6-5-7-17/h8-9,12,18H,5-7,10-11H2,1-4H3. The Morgan fingerprint density at radius 3 is 2.42 bits per heavy atom. The Balaban J connectivity index is 2.32. The molecule has 0 atom stereocenters. The second-order valence-electron chi connectivity index (χ2n) is 6.36. The molecule has 0 heterocycles. The summed E-state index contributed by atoms with van der Waals surface area (Å²) in [5, 5.41) is 9.64. The Kier molecular flexibility index (Phi) is 4.19. The van der Waals surface area contributed by atoms with E-state index >= 15 is 0 Å². The van der Waals surface area contributed by atoms with E-state index in [1.807, 2.05) is 0 Å². The van der Waals surface area contributed by atoms with Gasteiger partial charge in [0.05, 0.1) is 7.11 Å². The number of benzene rings is 1. The van der Waals surface area contributed by atoms with E-state index in [1.165, 1.54) is 23.1 Å². The lowest BCUT2D eigenvalue weighted by Crippen LogP contribution is -2.35. The predicted octanol–water partition coefficient (Wildman–Crippen LogP) is 3.83. The Morgan fingerprint density at radius 1 is 1.32 bits per heavy atom. The third kappa shape index (κ3) is 2.79. The van der Waals surface area contributed by atoms with E-state index in [9.17, 15) is 5.11 Å². The van der Waals surface area contributed by atoms with Gasteiger partial charge in [-0.3, -0.25) is 0 Å². The largest absolute Gasteiger partial charge is 0.496 e. The quantitative estimate of drug-likeness (QED) is 0.874. The molecular weight excluding hydrogens is 236 g/mol. The smallest absolute Gasteiger partial charge is 0.122 e. The molecule has 0 aromatic heterocycles. The molecule has 2 rings (SSSR count). The van der Waals surface area contributed by atoms with E-state index in [2.05, 4.69) is 32.9 Å². The Bertz CT molecular complexity index is 439. The number of ether oxygens (including phenoxy) is 1. The minimum Gasteiger partial charge on any atom is -0.496 e. The van der Waals surface area contributed by atoms with Crippen molar-refractivity contribution in [2.75, 3.05) is 13.7 Å². The van der Waals surface area contributed by atoms with Crippen LogP contribution in [0.2, 0.25) is 0 Å². The van der Waals surface area contributed by atoms with Crippen molar-refractivity contribution in [1.29, 1.82) is 0 Å². The third-order valence-electron chi connectivity index (χ3n) is 4.63. The van der Waals surface area contributed by atoms with Crippen molar-refractivity contribution in [3.8, 4) is 5.75 Å². The summed E-state index contributed by atoms with van der Waals surface area (Å²) in [4.78, 5) is 0. The monoisotopic (exact) mass is 262 g/mol. The minimum absolute atomic E-state index is 0.146. The predicted molar refractivity (Wildman–Crippen MR) is 78.9 cm³/mol. The number of rotatable bonds is 5. The molecule has 0 bridgehead atoms. The minimum atomic E-state index is 0.146. The van der Waals surface area contributed by atoms with Crippen molar-refractivity contribution < 1.29 is 9.84 Å². The molecule has 0 radical (unpaired) electrons. The maximum atomic E-state index is 9.64. The first kappa shape index (κ1) is 14.4. The lowest BCUT2D eigenvalue weighted by atomic mass is 9.65. The van der Waals surface area contributed by atoms with E-state index in [4.69, 9.17) is 4.74 Å².